The Morgan fingerprint density at radius 2 is 1.86 bits per heavy atom. The molecule has 0 bridgehead atoms. The number of carboxylic acids is 1. The molecule has 1 aromatic heterocycles. The van der Waals surface area contributed by atoms with Crippen molar-refractivity contribution in [1.82, 2.24) is 10.3 Å². The minimum absolute atomic E-state index is 0.0451. The molecule has 0 atom stereocenters. The smallest absolute Gasteiger partial charge is 0.337 e. The topological polar surface area (TPSA) is 91.3 Å². The van der Waals surface area contributed by atoms with Crippen molar-refractivity contribution >= 4 is 17.7 Å². The number of hydrogen-bond acceptors (Lipinski definition) is 3. The lowest BCUT2D eigenvalue weighted by Gasteiger charge is -2.07. The van der Waals surface area contributed by atoms with Gasteiger partial charge < -0.3 is 15.7 Å². The van der Waals surface area contributed by atoms with Crippen LogP contribution in [0.3, 0.4) is 0 Å². The van der Waals surface area contributed by atoms with Gasteiger partial charge in [-0.2, -0.15) is 0 Å². The number of urea groups is 1. The van der Waals surface area contributed by atoms with Crippen molar-refractivity contribution in [2.24, 2.45) is 0 Å². The van der Waals surface area contributed by atoms with Gasteiger partial charge in [0.15, 0.2) is 0 Å². The molecule has 6 heteroatoms. The first-order chi connectivity index (χ1) is 10.1. The second kappa shape index (κ2) is 9.74. The van der Waals surface area contributed by atoms with Gasteiger partial charge in [0.25, 0.3) is 0 Å². The number of carboxylic acid groups (broad SMARTS) is 1. The van der Waals surface area contributed by atoms with Crippen molar-refractivity contribution < 1.29 is 14.7 Å². The number of rotatable bonds is 9. The number of aromatic nitrogens is 1. The van der Waals surface area contributed by atoms with Crippen LogP contribution >= 0.6 is 0 Å². The molecule has 0 aliphatic carbocycles. The molecule has 3 N–H and O–H groups in total. The van der Waals surface area contributed by atoms with Crippen LogP contribution < -0.4 is 10.6 Å². The van der Waals surface area contributed by atoms with Crippen LogP contribution in [0.15, 0.2) is 18.5 Å². The Kier molecular flexibility index (Phi) is 7.86. The Balaban J connectivity index is 2.21. The molecular formula is C15H23N3O3. The Hall–Kier alpha value is -2.11. The van der Waals surface area contributed by atoms with Gasteiger partial charge in [-0.15, -0.1) is 0 Å². The zero-order valence-electron chi connectivity index (χ0n) is 12.4. The highest BCUT2D eigenvalue weighted by molar-refractivity contribution is 5.92. The highest BCUT2D eigenvalue weighted by Crippen LogP contribution is 2.08. The Morgan fingerprint density at radius 1 is 1.14 bits per heavy atom. The molecule has 0 saturated carbocycles. The van der Waals surface area contributed by atoms with E-state index in [1.807, 2.05) is 0 Å². The number of unbranched alkanes of at least 4 members (excludes halogenated alkanes) is 5. The third-order valence-electron chi connectivity index (χ3n) is 3.06. The molecule has 0 aliphatic rings. The summed E-state index contributed by atoms with van der Waals surface area (Å²) in [6, 6.07) is 1.03. The fourth-order valence-electron chi connectivity index (χ4n) is 1.91. The van der Waals surface area contributed by atoms with Gasteiger partial charge in [-0.3, -0.25) is 4.98 Å². The van der Waals surface area contributed by atoms with E-state index in [4.69, 9.17) is 5.11 Å². The minimum atomic E-state index is -1.07. The number of pyridine rings is 1. The predicted molar refractivity (Wildman–Crippen MR) is 81.6 cm³/mol. The average Bonchev–Trinajstić information content (AvgIpc) is 2.46. The molecule has 0 aromatic carbocycles. The minimum Gasteiger partial charge on any atom is -0.478 e. The maximum atomic E-state index is 11.6. The molecule has 0 saturated heterocycles. The lowest BCUT2D eigenvalue weighted by atomic mass is 10.1. The molecule has 2 amide bonds. The zero-order chi connectivity index (χ0) is 15.5. The maximum absolute atomic E-state index is 11.6. The van der Waals surface area contributed by atoms with Gasteiger partial charge in [0.1, 0.15) is 0 Å². The van der Waals surface area contributed by atoms with E-state index in [1.165, 1.54) is 44.1 Å². The number of carbonyl (C=O) groups excluding carboxylic acids is 1. The summed E-state index contributed by atoms with van der Waals surface area (Å²) in [5.41, 5.74) is 0.416. The van der Waals surface area contributed by atoms with Gasteiger partial charge in [-0.1, -0.05) is 39.0 Å². The van der Waals surface area contributed by atoms with Gasteiger partial charge in [0.05, 0.1) is 17.4 Å². The van der Waals surface area contributed by atoms with Crippen LogP contribution in [0.25, 0.3) is 0 Å². The zero-order valence-corrected chi connectivity index (χ0v) is 12.4. The summed E-state index contributed by atoms with van der Waals surface area (Å²) < 4.78 is 0. The average molecular weight is 293 g/mol. The monoisotopic (exact) mass is 293 g/mol. The normalized spacial score (nSPS) is 10.1. The molecule has 0 unspecified atom stereocenters. The molecule has 21 heavy (non-hydrogen) atoms. The van der Waals surface area contributed by atoms with Crippen molar-refractivity contribution in [3.05, 3.63) is 24.0 Å². The van der Waals surface area contributed by atoms with Crippen LogP contribution in [-0.2, 0) is 0 Å². The van der Waals surface area contributed by atoms with E-state index in [-0.39, 0.29) is 11.6 Å². The van der Waals surface area contributed by atoms with E-state index in [0.29, 0.717) is 12.2 Å². The summed E-state index contributed by atoms with van der Waals surface area (Å²) in [4.78, 5) is 26.2. The molecule has 6 nitrogen and oxygen atoms in total. The van der Waals surface area contributed by atoms with E-state index in [9.17, 15) is 9.59 Å². The SMILES string of the molecule is CCCCCCCCNC(=O)Nc1cncc(C(=O)O)c1. The van der Waals surface area contributed by atoms with Crippen LogP contribution in [0.1, 0.15) is 55.8 Å². The lowest BCUT2D eigenvalue weighted by Crippen LogP contribution is -2.29. The van der Waals surface area contributed by atoms with Crippen molar-refractivity contribution in [3.8, 4) is 0 Å². The number of aromatic carboxylic acids is 1. The first kappa shape index (κ1) is 16.9. The molecule has 116 valence electrons. The second-order valence-electron chi connectivity index (χ2n) is 4.92. The predicted octanol–water partition coefficient (Wildman–Crippen LogP) is 3.26. The third kappa shape index (κ3) is 7.29. The molecule has 1 heterocycles. The molecule has 0 radical (unpaired) electrons. The molecule has 1 aromatic rings. The molecular weight excluding hydrogens is 270 g/mol. The third-order valence-corrected chi connectivity index (χ3v) is 3.06. The van der Waals surface area contributed by atoms with E-state index < -0.39 is 5.97 Å². The number of anilines is 1. The quantitative estimate of drug-likeness (QED) is 0.609. The van der Waals surface area contributed by atoms with Crippen LogP contribution in [0, 0.1) is 0 Å². The summed E-state index contributed by atoms with van der Waals surface area (Å²) >= 11 is 0. The fraction of sp³-hybridized carbons (Fsp3) is 0.533. The number of nitrogens with zero attached hydrogens (tertiary/aromatic N) is 1. The van der Waals surface area contributed by atoms with Gasteiger partial charge >= 0.3 is 12.0 Å². The van der Waals surface area contributed by atoms with Crippen molar-refractivity contribution in [2.75, 3.05) is 11.9 Å². The van der Waals surface area contributed by atoms with Crippen molar-refractivity contribution in [3.63, 3.8) is 0 Å². The molecule has 0 spiro atoms. The fourth-order valence-corrected chi connectivity index (χ4v) is 1.91. The molecule has 0 fully saturated rings. The summed E-state index contributed by atoms with van der Waals surface area (Å²) in [5.74, 6) is -1.07. The van der Waals surface area contributed by atoms with E-state index in [1.54, 1.807) is 0 Å². The number of amides is 2. The van der Waals surface area contributed by atoms with Crippen LogP contribution in [0.2, 0.25) is 0 Å². The summed E-state index contributed by atoms with van der Waals surface area (Å²) in [6.45, 7) is 2.80. The maximum Gasteiger partial charge on any atom is 0.337 e. The number of nitrogens with one attached hydrogen (secondary N) is 2. The van der Waals surface area contributed by atoms with Crippen LogP contribution in [-0.4, -0.2) is 28.6 Å². The standard InChI is InChI=1S/C15H23N3O3/c1-2-3-4-5-6-7-8-17-15(21)18-13-9-12(14(19)20)10-16-11-13/h9-11H,2-8H2,1H3,(H,19,20)(H2,17,18,21). The van der Waals surface area contributed by atoms with E-state index in [0.717, 1.165) is 12.8 Å². The van der Waals surface area contributed by atoms with Gasteiger partial charge in [-0.05, 0) is 12.5 Å². The molecule has 1 rings (SSSR count). The summed E-state index contributed by atoms with van der Waals surface area (Å²) in [5, 5.41) is 14.2. The number of carbonyl (C=O) groups is 2. The van der Waals surface area contributed by atoms with E-state index in [2.05, 4.69) is 22.5 Å². The first-order valence-electron chi connectivity index (χ1n) is 7.36. The van der Waals surface area contributed by atoms with Crippen LogP contribution in [0.4, 0.5) is 10.5 Å². The summed E-state index contributed by atoms with van der Waals surface area (Å²) in [6.07, 6.45) is 9.64. The van der Waals surface area contributed by atoms with Crippen molar-refractivity contribution in [1.29, 1.82) is 0 Å². The Labute approximate surface area is 125 Å². The second-order valence-corrected chi connectivity index (χ2v) is 4.92. The van der Waals surface area contributed by atoms with Gasteiger partial charge in [-0.25, -0.2) is 9.59 Å². The molecule has 0 aliphatic heterocycles. The van der Waals surface area contributed by atoms with Crippen LogP contribution in [0.5, 0.6) is 0 Å². The van der Waals surface area contributed by atoms with Crippen molar-refractivity contribution in [2.45, 2.75) is 45.4 Å². The highest BCUT2D eigenvalue weighted by Gasteiger charge is 2.06. The lowest BCUT2D eigenvalue weighted by molar-refractivity contribution is 0.0696. The summed E-state index contributed by atoms with van der Waals surface area (Å²) in [7, 11) is 0. The Bertz CT molecular complexity index is 463. The van der Waals surface area contributed by atoms with E-state index >= 15 is 0 Å². The number of hydrogen-bond donors (Lipinski definition) is 3. The van der Waals surface area contributed by atoms with Gasteiger partial charge in [0.2, 0.25) is 0 Å². The van der Waals surface area contributed by atoms with Gasteiger partial charge in [0, 0.05) is 12.7 Å². The Morgan fingerprint density at radius 3 is 2.57 bits per heavy atom. The largest absolute Gasteiger partial charge is 0.478 e. The highest BCUT2D eigenvalue weighted by atomic mass is 16.4. The first-order valence-corrected chi connectivity index (χ1v) is 7.36.